The monoisotopic (exact) mass is 457 g/mol. The van der Waals surface area contributed by atoms with Crippen molar-refractivity contribution in [2.45, 2.75) is 13.0 Å². The fourth-order valence-corrected chi connectivity index (χ4v) is 4.30. The summed E-state index contributed by atoms with van der Waals surface area (Å²) in [6.45, 7) is 3.31. The zero-order chi connectivity index (χ0) is 22.6. The number of nitrogens with zero attached hydrogens (tertiary/aromatic N) is 3. The first-order valence-electron chi connectivity index (χ1n) is 10.1. The molecule has 9 heteroatoms. The Balaban J connectivity index is 1.71. The second-order valence-corrected chi connectivity index (χ2v) is 8.46. The maximum absolute atomic E-state index is 14.3. The number of rotatable bonds is 4. The van der Waals surface area contributed by atoms with E-state index in [0.29, 0.717) is 35.6 Å². The van der Waals surface area contributed by atoms with Gasteiger partial charge in [-0.15, -0.1) is 0 Å². The summed E-state index contributed by atoms with van der Waals surface area (Å²) >= 11 is 6.29. The highest BCUT2D eigenvalue weighted by atomic mass is 35.5. The van der Waals surface area contributed by atoms with Gasteiger partial charge in [0.25, 0.3) is 0 Å². The molecule has 0 amide bonds. The fraction of sp³-hybridized carbons (Fsp3) is 0.217. The van der Waals surface area contributed by atoms with E-state index >= 15 is 0 Å². The molecule has 5 rings (SSSR count). The van der Waals surface area contributed by atoms with Crippen LogP contribution in [0.5, 0.6) is 0 Å². The van der Waals surface area contributed by atoms with Crippen molar-refractivity contribution in [1.29, 1.82) is 0 Å². The number of hydrogen-bond donors (Lipinski definition) is 2. The van der Waals surface area contributed by atoms with Crippen LogP contribution in [-0.2, 0) is 0 Å². The van der Waals surface area contributed by atoms with Crippen molar-refractivity contribution in [3.05, 3.63) is 65.2 Å². The van der Waals surface area contributed by atoms with Gasteiger partial charge < -0.3 is 15.6 Å². The summed E-state index contributed by atoms with van der Waals surface area (Å²) in [4.78, 5) is 13.7. The van der Waals surface area contributed by atoms with Crippen LogP contribution in [0, 0.1) is 23.4 Å². The highest BCUT2D eigenvalue weighted by molar-refractivity contribution is 6.33. The van der Waals surface area contributed by atoms with Gasteiger partial charge in [-0.2, -0.15) is 0 Å². The maximum Gasteiger partial charge on any atom is 0.153 e. The summed E-state index contributed by atoms with van der Waals surface area (Å²) in [5.41, 5.74) is 8.71. The largest absolute Gasteiger partial charge is 0.370 e. The normalized spacial score (nSPS) is 15.2. The third kappa shape index (κ3) is 3.40. The molecular weight excluding hydrogens is 439 g/mol. The zero-order valence-electron chi connectivity index (χ0n) is 17.0. The number of H-pyrrole nitrogens is 1. The molecule has 0 radical (unpaired) electrons. The quantitative estimate of drug-likeness (QED) is 0.445. The third-order valence-corrected chi connectivity index (χ3v) is 6.27. The highest BCUT2D eigenvalue weighted by Crippen LogP contribution is 2.44. The van der Waals surface area contributed by atoms with Gasteiger partial charge in [-0.3, -0.25) is 4.98 Å². The molecule has 3 N–H and O–H groups in total. The number of nitrogens with one attached hydrogen (secondary N) is 1. The number of anilines is 1. The van der Waals surface area contributed by atoms with Crippen molar-refractivity contribution in [3.63, 3.8) is 0 Å². The zero-order valence-corrected chi connectivity index (χ0v) is 17.8. The molecule has 164 valence electrons. The van der Waals surface area contributed by atoms with Crippen molar-refractivity contribution in [1.82, 2.24) is 15.0 Å². The van der Waals surface area contributed by atoms with Gasteiger partial charge in [0.15, 0.2) is 5.82 Å². The lowest BCUT2D eigenvalue weighted by Crippen LogP contribution is -2.54. The molecule has 0 saturated carbocycles. The summed E-state index contributed by atoms with van der Waals surface area (Å²) in [5.74, 6) is -1.40. The Morgan fingerprint density at radius 1 is 1.09 bits per heavy atom. The van der Waals surface area contributed by atoms with E-state index in [2.05, 4.69) is 19.9 Å². The minimum Gasteiger partial charge on any atom is -0.370 e. The van der Waals surface area contributed by atoms with E-state index in [0.717, 1.165) is 11.8 Å². The van der Waals surface area contributed by atoms with E-state index in [-0.39, 0.29) is 28.0 Å². The fourth-order valence-electron chi connectivity index (χ4n) is 4.07. The number of aromatic amines is 1. The number of aromatic nitrogens is 3. The van der Waals surface area contributed by atoms with E-state index in [4.69, 9.17) is 17.3 Å². The first kappa shape index (κ1) is 20.8. The average Bonchev–Trinajstić information content (AvgIpc) is 3.13. The van der Waals surface area contributed by atoms with Gasteiger partial charge in [0.1, 0.15) is 23.0 Å². The Bertz CT molecular complexity index is 1330. The minimum absolute atomic E-state index is 0.0148. The minimum atomic E-state index is -0.762. The Hall–Kier alpha value is -3.10. The van der Waals surface area contributed by atoms with Crippen LogP contribution in [0.25, 0.3) is 33.5 Å². The lowest BCUT2D eigenvalue weighted by molar-refractivity contribution is 0.355. The molecule has 1 aliphatic heterocycles. The van der Waals surface area contributed by atoms with Crippen LogP contribution in [0.2, 0.25) is 5.02 Å². The number of imidazole rings is 1. The van der Waals surface area contributed by atoms with E-state index in [1.807, 2.05) is 6.92 Å². The Morgan fingerprint density at radius 3 is 2.59 bits per heavy atom. The second kappa shape index (κ2) is 7.79. The third-order valence-electron chi connectivity index (χ3n) is 5.89. The molecule has 2 aromatic heterocycles. The van der Waals surface area contributed by atoms with Gasteiger partial charge in [0.2, 0.25) is 0 Å². The van der Waals surface area contributed by atoms with Crippen LogP contribution in [0.4, 0.5) is 18.9 Å². The van der Waals surface area contributed by atoms with Gasteiger partial charge in [0, 0.05) is 54.6 Å². The molecule has 1 fully saturated rings. The Labute approximate surface area is 187 Å². The first-order valence-corrected chi connectivity index (χ1v) is 10.5. The lowest BCUT2D eigenvalue weighted by atomic mass is 9.90. The molecule has 4 aromatic rings. The number of fused-ring (bicyclic) bond motifs is 1. The SMILES string of the molecule is CC(N)C1CN(c2c(-c3nc4c(F)cc(F)cc4[nH]3)cncc2-c2cccc(F)c2Cl)C1. The summed E-state index contributed by atoms with van der Waals surface area (Å²) in [6, 6.07) is 6.57. The smallest absolute Gasteiger partial charge is 0.153 e. The number of hydrogen-bond acceptors (Lipinski definition) is 4. The average molecular weight is 458 g/mol. The van der Waals surface area contributed by atoms with Crippen molar-refractivity contribution in [3.8, 4) is 22.5 Å². The van der Waals surface area contributed by atoms with E-state index < -0.39 is 17.5 Å². The van der Waals surface area contributed by atoms with Gasteiger partial charge in [-0.05, 0) is 19.1 Å². The van der Waals surface area contributed by atoms with Crippen LogP contribution in [-0.4, -0.2) is 34.1 Å². The molecule has 1 aliphatic rings. The summed E-state index contributed by atoms with van der Waals surface area (Å²) in [6.07, 6.45) is 3.21. The highest BCUT2D eigenvalue weighted by Gasteiger charge is 2.34. The van der Waals surface area contributed by atoms with Gasteiger partial charge >= 0.3 is 0 Å². The number of pyridine rings is 1. The molecule has 1 saturated heterocycles. The lowest BCUT2D eigenvalue weighted by Gasteiger charge is -2.44. The first-order chi connectivity index (χ1) is 15.3. The molecule has 2 aromatic carbocycles. The van der Waals surface area contributed by atoms with Crippen molar-refractivity contribution >= 4 is 28.3 Å². The van der Waals surface area contributed by atoms with Crippen molar-refractivity contribution in [2.75, 3.05) is 18.0 Å². The summed E-state index contributed by atoms with van der Waals surface area (Å²) < 4.78 is 42.2. The second-order valence-electron chi connectivity index (χ2n) is 8.08. The Kier molecular flexibility index (Phi) is 5.06. The molecule has 32 heavy (non-hydrogen) atoms. The molecule has 0 bridgehead atoms. The van der Waals surface area contributed by atoms with E-state index in [1.54, 1.807) is 24.5 Å². The van der Waals surface area contributed by atoms with Crippen LogP contribution in [0.15, 0.2) is 42.7 Å². The van der Waals surface area contributed by atoms with Crippen LogP contribution in [0.3, 0.4) is 0 Å². The molecule has 0 spiro atoms. The summed E-state index contributed by atoms with van der Waals surface area (Å²) in [7, 11) is 0. The predicted molar refractivity (Wildman–Crippen MR) is 119 cm³/mol. The molecule has 1 atom stereocenters. The van der Waals surface area contributed by atoms with E-state index in [1.165, 1.54) is 12.1 Å². The number of nitrogens with two attached hydrogens (primary N) is 1. The standard InChI is InChI=1S/C23H19ClF3N5/c1-11(28)12-9-32(10-12)22-15(14-3-2-4-17(26)20(14)24)7-29-8-16(22)23-30-19-6-13(25)5-18(27)21(19)31-23/h2-8,11-12H,9-10,28H2,1H3,(H,30,31). The summed E-state index contributed by atoms with van der Waals surface area (Å²) in [5, 5.41) is -0.0188. The van der Waals surface area contributed by atoms with Gasteiger partial charge in [0.05, 0.1) is 21.8 Å². The topological polar surface area (TPSA) is 70.8 Å². The molecule has 5 nitrogen and oxygen atoms in total. The van der Waals surface area contributed by atoms with Gasteiger partial charge in [-0.1, -0.05) is 23.7 Å². The maximum atomic E-state index is 14.3. The van der Waals surface area contributed by atoms with Crippen LogP contribution < -0.4 is 10.6 Å². The molecule has 0 aliphatic carbocycles. The number of benzene rings is 2. The molecule has 3 heterocycles. The number of halogens is 4. The Morgan fingerprint density at radius 2 is 1.84 bits per heavy atom. The molecular formula is C23H19ClF3N5. The molecule has 1 unspecified atom stereocenters. The predicted octanol–water partition coefficient (Wildman–Crippen LogP) is 5.15. The van der Waals surface area contributed by atoms with Crippen LogP contribution >= 0.6 is 11.6 Å². The van der Waals surface area contributed by atoms with Crippen LogP contribution in [0.1, 0.15) is 6.92 Å². The van der Waals surface area contributed by atoms with Crippen molar-refractivity contribution < 1.29 is 13.2 Å². The van der Waals surface area contributed by atoms with Crippen molar-refractivity contribution in [2.24, 2.45) is 11.7 Å². The van der Waals surface area contributed by atoms with E-state index in [9.17, 15) is 13.2 Å². The van der Waals surface area contributed by atoms with Gasteiger partial charge in [-0.25, -0.2) is 18.2 Å².